The molecule has 0 spiro atoms. The first-order valence-electron chi connectivity index (χ1n) is 5.78. The van der Waals surface area contributed by atoms with Crippen LogP contribution in [-0.2, 0) is 14.4 Å². The maximum absolute atomic E-state index is 11.9. The normalized spacial score (nSPS) is 13.7. The Morgan fingerprint density at radius 1 is 1.28 bits per heavy atom. The number of carbonyl (C=O) groups is 3. The molecule has 2 atom stereocenters. The van der Waals surface area contributed by atoms with Crippen LogP contribution in [0, 0.1) is 5.92 Å². The second-order valence-corrected chi connectivity index (χ2v) is 4.16. The van der Waals surface area contributed by atoms with E-state index in [-0.39, 0.29) is 19.4 Å². The van der Waals surface area contributed by atoms with Gasteiger partial charge in [0.25, 0.3) is 0 Å². The van der Waals surface area contributed by atoms with Gasteiger partial charge in [0, 0.05) is 19.5 Å². The molecule has 0 saturated heterocycles. The third-order valence-corrected chi connectivity index (χ3v) is 2.60. The van der Waals surface area contributed by atoms with E-state index >= 15 is 0 Å². The number of carboxylic acids is 2. The highest BCUT2D eigenvalue weighted by atomic mass is 16.4. The van der Waals surface area contributed by atoms with Crippen molar-refractivity contribution in [1.29, 1.82) is 0 Å². The summed E-state index contributed by atoms with van der Waals surface area (Å²) in [6, 6.07) is -0.901. The summed E-state index contributed by atoms with van der Waals surface area (Å²) in [5.74, 6) is -3.09. The van der Waals surface area contributed by atoms with Gasteiger partial charge in [-0.05, 0) is 13.3 Å². The Morgan fingerprint density at radius 2 is 1.83 bits per heavy atom. The molecule has 0 aliphatic heterocycles. The lowest BCUT2D eigenvalue weighted by Gasteiger charge is -2.25. The SMILES string of the molecule is CCN(CC(C)C(=O)O)C(=O)C(N)CCC(=O)O. The molecule has 0 rings (SSSR count). The fourth-order valence-corrected chi connectivity index (χ4v) is 1.42. The van der Waals surface area contributed by atoms with E-state index in [9.17, 15) is 14.4 Å². The maximum Gasteiger partial charge on any atom is 0.308 e. The minimum atomic E-state index is -1.01. The first-order chi connectivity index (χ1) is 8.29. The molecular formula is C11H20N2O5. The highest BCUT2D eigenvalue weighted by Crippen LogP contribution is 2.05. The zero-order chi connectivity index (χ0) is 14.3. The molecule has 2 unspecified atom stereocenters. The maximum atomic E-state index is 11.9. The zero-order valence-corrected chi connectivity index (χ0v) is 10.6. The third kappa shape index (κ3) is 5.62. The average Bonchev–Trinajstić information content (AvgIpc) is 2.31. The van der Waals surface area contributed by atoms with E-state index in [1.807, 2.05) is 0 Å². The van der Waals surface area contributed by atoms with Gasteiger partial charge < -0.3 is 20.8 Å². The van der Waals surface area contributed by atoms with E-state index < -0.39 is 29.8 Å². The standard InChI is InChI=1S/C11H20N2O5/c1-3-13(6-7(2)11(17)18)10(16)8(12)4-5-9(14)15/h7-8H,3-6,12H2,1-2H3,(H,14,15)(H,17,18). The molecule has 1 amide bonds. The molecule has 18 heavy (non-hydrogen) atoms. The van der Waals surface area contributed by atoms with Gasteiger partial charge in [0.05, 0.1) is 12.0 Å². The smallest absolute Gasteiger partial charge is 0.308 e. The van der Waals surface area contributed by atoms with Gasteiger partial charge in [-0.2, -0.15) is 0 Å². The van der Waals surface area contributed by atoms with Gasteiger partial charge >= 0.3 is 11.9 Å². The van der Waals surface area contributed by atoms with Crippen LogP contribution in [0.4, 0.5) is 0 Å². The minimum Gasteiger partial charge on any atom is -0.481 e. The van der Waals surface area contributed by atoms with Crippen molar-refractivity contribution in [2.75, 3.05) is 13.1 Å². The molecular weight excluding hydrogens is 240 g/mol. The number of carboxylic acid groups (broad SMARTS) is 2. The fourth-order valence-electron chi connectivity index (χ4n) is 1.42. The molecule has 0 saturated carbocycles. The molecule has 0 heterocycles. The number of nitrogens with two attached hydrogens (primary N) is 1. The molecule has 0 radical (unpaired) electrons. The lowest BCUT2D eigenvalue weighted by atomic mass is 10.1. The van der Waals surface area contributed by atoms with Crippen molar-refractivity contribution >= 4 is 17.8 Å². The van der Waals surface area contributed by atoms with Crippen LogP contribution in [-0.4, -0.2) is 52.1 Å². The lowest BCUT2D eigenvalue weighted by Crippen LogP contribution is -2.46. The van der Waals surface area contributed by atoms with Gasteiger partial charge in [0.15, 0.2) is 0 Å². The topological polar surface area (TPSA) is 121 Å². The van der Waals surface area contributed by atoms with Crippen LogP contribution in [0.1, 0.15) is 26.7 Å². The molecule has 0 bridgehead atoms. The highest BCUT2D eigenvalue weighted by Gasteiger charge is 2.24. The van der Waals surface area contributed by atoms with E-state index in [0.29, 0.717) is 6.54 Å². The molecule has 104 valence electrons. The fraction of sp³-hybridized carbons (Fsp3) is 0.727. The summed E-state index contributed by atoms with van der Waals surface area (Å²) < 4.78 is 0. The van der Waals surface area contributed by atoms with Gasteiger partial charge in [0.1, 0.15) is 0 Å². The Balaban J connectivity index is 4.41. The van der Waals surface area contributed by atoms with Crippen LogP contribution in [0.25, 0.3) is 0 Å². The first-order valence-corrected chi connectivity index (χ1v) is 5.78. The minimum absolute atomic E-state index is 0.0477. The first kappa shape index (κ1) is 16.4. The van der Waals surface area contributed by atoms with Crippen LogP contribution >= 0.6 is 0 Å². The summed E-state index contributed by atoms with van der Waals surface area (Å²) in [5, 5.41) is 17.3. The Hall–Kier alpha value is -1.63. The van der Waals surface area contributed by atoms with Crippen molar-refractivity contribution in [2.24, 2.45) is 11.7 Å². The Labute approximate surface area is 106 Å². The molecule has 0 fully saturated rings. The van der Waals surface area contributed by atoms with E-state index in [4.69, 9.17) is 15.9 Å². The summed E-state index contributed by atoms with van der Waals surface area (Å²) in [6.07, 6.45) is -0.134. The van der Waals surface area contributed by atoms with Crippen molar-refractivity contribution < 1.29 is 24.6 Å². The quantitative estimate of drug-likeness (QED) is 0.553. The van der Waals surface area contributed by atoms with Crippen molar-refractivity contribution in [1.82, 2.24) is 4.90 Å². The van der Waals surface area contributed by atoms with Crippen LogP contribution < -0.4 is 5.73 Å². The van der Waals surface area contributed by atoms with Crippen molar-refractivity contribution in [3.05, 3.63) is 0 Å². The molecule has 0 aliphatic rings. The van der Waals surface area contributed by atoms with Crippen LogP contribution in [0.5, 0.6) is 0 Å². The van der Waals surface area contributed by atoms with Gasteiger partial charge in [-0.25, -0.2) is 0 Å². The second kappa shape index (κ2) is 7.65. The van der Waals surface area contributed by atoms with E-state index in [1.54, 1.807) is 6.92 Å². The molecule has 7 nitrogen and oxygen atoms in total. The molecule has 7 heteroatoms. The summed E-state index contributed by atoms with van der Waals surface area (Å²) in [5.41, 5.74) is 5.59. The van der Waals surface area contributed by atoms with Crippen molar-refractivity contribution in [2.45, 2.75) is 32.7 Å². The lowest BCUT2D eigenvalue weighted by molar-refractivity contribution is -0.143. The average molecular weight is 260 g/mol. The highest BCUT2D eigenvalue weighted by molar-refractivity contribution is 5.83. The predicted molar refractivity (Wildman–Crippen MR) is 63.9 cm³/mol. The Kier molecular flexibility index (Phi) is 6.96. The molecule has 4 N–H and O–H groups in total. The second-order valence-electron chi connectivity index (χ2n) is 4.16. The summed E-state index contributed by atoms with van der Waals surface area (Å²) >= 11 is 0. The largest absolute Gasteiger partial charge is 0.481 e. The number of hydrogen-bond donors (Lipinski definition) is 3. The number of carbonyl (C=O) groups excluding carboxylic acids is 1. The van der Waals surface area contributed by atoms with Gasteiger partial charge in [0.2, 0.25) is 5.91 Å². The molecule has 0 aromatic carbocycles. The summed E-state index contributed by atoms with van der Waals surface area (Å²) in [7, 11) is 0. The molecule has 0 aromatic heterocycles. The van der Waals surface area contributed by atoms with Gasteiger partial charge in [-0.3, -0.25) is 14.4 Å². The van der Waals surface area contributed by atoms with E-state index in [0.717, 1.165) is 0 Å². The van der Waals surface area contributed by atoms with Crippen molar-refractivity contribution in [3.63, 3.8) is 0 Å². The van der Waals surface area contributed by atoms with Gasteiger partial charge in [-0.15, -0.1) is 0 Å². The number of rotatable bonds is 8. The van der Waals surface area contributed by atoms with Crippen LogP contribution in [0.3, 0.4) is 0 Å². The third-order valence-electron chi connectivity index (χ3n) is 2.60. The van der Waals surface area contributed by atoms with E-state index in [2.05, 4.69) is 0 Å². The molecule has 0 aromatic rings. The van der Waals surface area contributed by atoms with E-state index in [1.165, 1.54) is 11.8 Å². The number of nitrogens with zero attached hydrogens (tertiary/aromatic N) is 1. The Bertz CT molecular complexity index is 319. The Morgan fingerprint density at radius 3 is 2.22 bits per heavy atom. The predicted octanol–water partition coefficient (Wildman–Crippen LogP) is -0.252. The number of aliphatic carboxylic acids is 2. The van der Waals surface area contributed by atoms with Crippen LogP contribution in [0.15, 0.2) is 0 Å². The monoisotopic (exact) mass is 260 g/mol. The van der Waals surface area contributed by atoms with Gasteiger partial charge in [-0.1, -0.05) is 6.92 Å². The summed E-state index contributed by atoms with van der Waals surface area (Å²) in [6.45, 7) is 3.64. The zero-order valence-electron chi connectivity index (χ0n) is 10.6. The summed E-state index contributed by atoms with van der Waals surface area (Å²) in [4.78, 5) is 34.3. The van der Waals surface area contributed by atoms with Crippen molar-refractivity contribution in [3.8, 4) is 0 Å². The number of hydrogen-bond acceptors (Lipinski definition) is 4. The van der Waals surface area contributed by atoms with Crippen LogP contribution in [0.2, 0.25) is 0 Å². The number of amides is 1. The molecule has 0 aliphatic carbocycles. The number of likely N-dealkylation sites (N-methyl/N-ethyl adjacent to an activating group) is 1.